The van der Waals surface area contributed by atoms with Gasteiger partial charge in [0.1, 0.15) is 6.10 Å². The molecule has 1 N–H and O–H groups in total. The van der Waals surface area contributed by atoms with Gasteiger partial charge in [-0.2, -0.15) is 0 Å². The largest absolute Gasteiger partial charge is 0.482 e. The number of anilines is 1. The molecule has 2 atom stereocenters. The number of rotatable bonds is 4. The molecule has 1 saturated heterocycles. The fourth-order valence-electron chi connectivity index (χ4n) is 3.45. The number of nitrogens with one attached hydrogen (secondary N) is 1. The van der Waals surface area contributed by atoms with Crippen molar-refractivity contribution in [2.75, 3.05) is 11.4 Å². The second-order valence-corrected chi connectivity index (χ2v) is 6.84. The molecule has 2 aliphatic heterocycles. The lowest BCUT2D eigenvalue weighted by molar-refractivity contribution is -0.133. The molecule has 2 heterocycles. The highest BCUT2D eigenvalue weighted by molar-refractivity contribution is 5.95. The first-order valence-electron chi connectivity index (χ1n) is 9.21. The van der Waals surface area contributed by atoms with Gasteiger partial charge in [-0.25, -0.2) is 0 Å². The summed E-state index contributed by atoms with van der Waals surface area (Å²) < 4.78 is 11.6. The number of nitrogens with zero attached hydrogens (tertiary/aromatic N) is 1. The Labute approximate surface area is 158 Å². The van der Waals surface area contributed by atoms with Gasteiger partial charge in [0.05, 0.1) is 0 Å². The Kier molecular flexibility index (Phi) is 4.71. The monoisotopic (exact) mass is 366 g/mol. The molecule has 27 heavy (non-hydrogen) atoms. The van der Waals surface area contributed by atoms with Gasteiger partial charge in [-0.1, -0.05) is 24.3 Å². The van der Waals surface area contributed by atoms with E-state index >= 15 is 0 Å². The molecular weight excluding hydrogens is 344 g/mol. The highest BCUT2D eigenvalue weighted by Crippen LogP contribution is 2.33. The van der Waals surface area contributed by atoms with Crippen LogP contribution in [0.25, 0.3) is 0 Å². The predicted octanol–water partition coefficient (Wildman–Crippen LogP) is 2.66. The van der Waals surface area contributed by atoms with Gasteiger partial charge in [-0.05, 0) is 43.2 Å². The lowest BCUT2D eigenvalue weighted by Crippen LogP contribution is -2.48. The van der Waals surface area contributed by atoms with E-state index in [1.165, 1.54) is 0 Å². The molecule has 2 amide bonds. The predicted molar refractivity (Wildman–Crippen MR) is 101 cm³/mol. The molecule has 0 spiro atoms. The number of para-hydroxylation sites is 2. The number of fused-ring (bicyclic) bond motifs is 1. The van der Waals surface area contributed by atoms with Crippen molar-refractivity contribution in [2.45, 2.75) is 38.5 Å². The molecule has 2 unspecified atom stereocenters. The Balaban J connectivity index is 1.40. The van der Waals surface area contributed by atoms with E-state index < -0.39 is 6.10 Å². The van der Waals surface area contributed by atoms with E-state index in [1.54, 1.807) is 11.0 Å². The second-order valence-electron chi connectivity index (χ2n) is 6.84. The van der Waals surface area contributed by atoms with Crippen LogP contribution < -0.4 is 19.7 Å². The molecule has 2 aromatic rings. The zero-order chi connectivity index (χ0) is 18.8. The van der Waals surface area contributed by atoms with Crippen LogP contribution in [0.4, 0.5) is 5.69 Å². The van der Waals surface area contributed by atoms with E-state index in [2.05, 4.69) is 5.32 Å². The molecule has 4 rings (SSSR count). The fourth-order valence-corrected chi connectivity index (χ4v) is 3.45. The van der Waals surface area contributed by atoms with Gasteiger partial charge in [0.15, 0.2) is 11.5 Å². The third-order valence-corrected chi connectivity index (χ3v) is 4.86. The molecule has 6 nitrogen and oxygen atoms in total. The summed E-state index contributed by atoms with van der Waals surface area (Å²) in [5.41, 5.74) is 1.81. The normalized spacial score (nSPS) is 21.2. The molecule has 0 bridgehead atoms. The molecule has 2 aromatic carbocycles. The van der Waals surface area contributed by atoms with Crippen LogP contribution >= 0.6 is 0 Å². The molecule has 6 heteroatoms. The van der Waals surface area contributed by atoms with Crippen molar-refractivity contribution in [3.05, 3.63) is 54.1 Å². The van der Waals surface area contributed by atoms with Crippen LogP contribution in [0.3, 0.4) is 0 Å². The van der Waals surface area contributed by atoms with Crippen LogP contribution in [0.1, 0.15) is 25.3 Å². The molecule has 0 aliphatic carbocycles. The summed E-state index contributed by atoms with van der Waals surface area (Å²) in [6, 6.07) is 15.0. The molecule has 0 saturated carbocycles. The zero-order valence-electron chi connectivity index (χ0n) is 15.2. The van der Waals surface area contributed by atoms with Gasteiger partial charge in [0.2, 0.25) is 12.0 Å². The Hall–Kier alpha value is -3.02. The van der Waals surface area contributed by atoms with E-state index in [9.17, 15) is 9.59 Å². The van der Waals surface area contributed by atoms with Crippen molar-refractivity contribution in [1.29, 1.82) is 0 Å². The molecule has 2 aliphatic rings. The fraction of sp³-hybridized carbons (Fsp3) is 0.333. The summed E-state index contributed by atoms with van der Waals surface area (Å²) in [6.45, 7) is 2.93. The van der Waals surface area contributed by atoms with Crippen molar-refractivity contribution >= 4 is 17.5 Å². The Bertz CT molecular complexity index is 867. The summed E-state index contributed by atoms with van der Waals surface area (Å²) in [5, 5.41) is 2.91. The zero-order valence-corrected chi connectivity index (χ0v) is 15.2. The van der Waals surface area contributed by atoms with E-state index in [-0.39, 0.29) is 17.9 Å². The topological polar surface area (TPSA) is 67.9 Å². The minimum atomic E-state index is -0.705. The average molecular weight is 366 g/mol. The van der Waals surface area contributed by atoms with Crippen LogP contribution in [0.15, 0.2) is 48.5 Å². The molecule has 0 aromatic heterocycles. The quantitative estimate of drug-likeness (QED) is 0.903. The van der Waals surface area contributed by atoms with Crippen molar-refractivity contribution in [3.8, 4) is 11.5 Å². The van der Waals surface area contributed by atoms with Gasteiger partial charge >= 0.3 is 0 Å². The first kappa shape index (κ1) is 17.4. The maximum atomic E-state index is 12.6. The van der Waals surface area contributed by atoms with Gasteiger partial charge in [0.25, 0.3) is 5.91 Å². The maximum Gasteiger partial charge on any atom is 0.265 e. The van der Waals surface area contributed by atoms with Crippen LogP contribution in [0, 0.1) is 0 Å². The molecule has 140 valence electrons. The third-order valence-electron chi connectivity index (χ3n) is 4.86. The van der Waals surface area contributed by atoms with Gasteiger partial charge in [0, 0.05) is 25.2 Å². The molecule has 0 radical (unpaired) electrons. The first-order chi connectivity index (χ1) is 13.1. The number of amides is 2. The van der Waals surface area contributed by atoms with Crippen LogP contribution in [0.5, 0.6) is 11.5 Å². The van der Waals surface area contributed by atoms with Crippen molar-refractivity contribution in [3.63, 3.8) is 0 Å². The van der Waals surface area contributed by atoms with Crippen molar-refractivity contribution in [2.24, 2.45) is 0 Å². The maximum absolute atomic E-state index is 12.6. The first-order valence-corrected chi connectivity index (χ1v) is 9.21. The van der Waals surface area contributed by atoms with Crippen molar-refractivity contribution < 1.29 is 19.1 Å². The summed E-state index contributed by atoms with van der Waals surface area (Å²) in [7, 11) is 0. The molecule has 1 fully saturated rings. The van der Waals surface area contributed by atoms with Crippen LogP contribution in [-0.2, 0) is 16.1 Å². The number of carbonyl (C=O) groups is 2. The Morgan fingerprint density at radius 1 is 1.15 bits per heavy atom. The number of hydrogen-bond acceptors (Lipinski definition) is 4. The average Bonchev–Trinajstić information content (AvgIpc) is 3.12. The third kappa shape index (κ3) is 3.60. The lowest BCUT2D eigenvalue weighted by atomic mass is 10.1. The standard InChI is InChI=1S/C21H22N2O4/c1-14-20(27-18-9-3-2-8-17(18)26-14)21(25)22-13-15-6-4-7-16(12-15)23-11-5-10-19(23)24/h2-4,6-9,12,14,20H,5,10-11,13H2,1H3,(H,22,25). The highest BCUT2D eigenvalue weighted by Gasteiger charge is 2.33. The molecular formula is C21H22N2O4. The summed E-state index contributed by atoms with van der Waals surface area (Å²) in [5.74, 6) is 1.15. The van der Waals surface area contributed by atoms with Crippen LogP contribution in [-0.4, -0.2) is 30.6 Å². The summed E-state index contributed by atoms with van der Waals surface area (Å²) >= 11 is 0. The summed E-state index contributed by atoms with van der Waals surface area (Å²) in [6.07, 6.45) is 0.397. The summed E-state index contributed by atoms with van der Waals surface area (Å²) in [4.78, 5) is 26.3. The number of carbonyl (C=O) groups excluding carboxylic acids is 2. The highest BCUT2D eigenvalue weighted by atomic mass is 16.6. The van der Waals surface area contributed by atoms with Gasteiger partial charge < -0.3 is 19.7 Å². The van der Waals surface area contributed by atoms with E-state index in [1.807, 2.05) is 49.4 Å². The van der Waals surface area contributed by atoms with Gasteiger partial charge in [-0.3, -0.25) is 9.59 Å². The van der Waals surface area contributed by atoms with Gasteiger partial charge in [-0.15, -0.1) is 0 Å². The van der Waals surface area contributed by atoms with Crippen LogP contribution in [0.2, 0.25) is 0 Å². The van der Waals surface area contributed by atoms with Crippen molar-refractivity contribution in [1.82, 2.24) is 5.32 Å². The van der Waals surface area contributed by atoms with E-state index in [4.69, 9.17) is 9.47 Å². The Morgan fingerprint density at radius 3 is 2.67 bits per heavy atom. The number of benzene rings is 2. The SMILES string of the molecule is CC1Oc2ccccc2OC1C(=O)NCc1cccc(N2CCCC2=O)c1. The lowest BCUT2D eigenvalue weighted by Gasteiger charge is -2.31. The van der Waals surface area contributed by atoms with E-state index in [0.717, 1.165) is 24.2 Å². The Morgan fingerprint density at radius 2 is 1.93 bits per heavy atom. The number of hydrogen-bond donors (Lipinski definition) is 1. The second kappa shape index (κ2) is 7.31. The number of ether oxygens (including phenoxy) is 2. The minimum Gasteiger partial charge on any atom is -0.482 e. The minimum absolute atomic E-state index is 0.149. The smallest absolute Gasteiger partial charge is 0.265 e. The van der Waals surface area contributed by atoms with E-state index in [0.29, 0.717) is 24.5 Å².